The lowest BCUT2D eigenvalue weighted by atomic mass is 10.2. The number of aliphatic hydroxyl groups is 1. The van der Waals surface area contributed by atoms with E-state index in [0.29, 0.717) is 0 Å². The van der Waals surface area contributed by atoms with Gasteiger partial charge in [0.1, 0.15) is 6.23 Å². The van der Waals surface area contributed by atoms with Crippen molar-refractivity contribution < 1.29 is 18.1 Å². The Hall–Kier alpha value is -0.470. The van der Waals surface area contributed by atoms with Crippen molar-refractivity contribution >= 4 is 21.5 Å². The highest BCUT2D eigenvalue weighted by molar-refractivity contribution is 7.86. The summed E-state index contributed by atoms with van der Waals surface area (Å²) in [5, 5.41) is 7.92. The second-order valence-electron chi connectivity index (χ2n) is 3.66. The fourth-order valence-electron chi connectivity index (χ4n) is 1.40. The third kappa shape index (κ3) is 4.18. The first kappa shape index (κ1) is 13.6. The molecule has 4 N–H and O–H groups in total. The summed E-state index contributed by atoms with van der Waals surface area (Å²) >= 11 is 1.46. The Morgan fingerprint density at radius 2 is 2.12 bits per heavy atom. The van der Waals surface area contributed by atoms with Crippen molar-refractivity contribution in [3.63, 3.8) is 0 Å². The Morgan fingerprint density at radius 3 is 2.50 bits per heavy atom. The highest BCUT2D eigenvalue weighted by Crippen LogP contribution is 2.20. The van der Waals surface area contributed by atoms with Gasteiger partial charge in [0.15, 0.2) is 0 Å². The van der Waals surface area contributed by atoms with Gasteiger partial charge in [0.05, 0.1) is 5.25 Å². The number of thiophene rings is 1. The van der Waals surface area contributed by atoms with Crippen LogP contribution in [-0.4, -0.2) is 29.6 Å². The van der Waals surface area contributed by atoms with E-state index in [4.69, 9.17) is 15.4 Å². The molecule has 2 unspecified atom stereocenters. The molecule has 2 atom stereocenters. The van der Waals surface area contributed by atoms with Gasteiger partial charge in [-0.1, -0.05) is 0 Å². The molecule has 7 heteroatoms. The second kappa shape index (κ2) is 5.24. The van der Waals surface area contributed by atoms with Gasteiger partial charge in [-0.3, -0.25) is 4.55 Å². The smallest absolute Gasteiger partial charge is 0.268 e. The van der Waals surface area contributed by atoms with Gasteiger partial charge in [-0.15, -0.1) is 11.3 Å². The van der Waals surface area contributed by atoms with E-state index in [1.165, 1.54) is 11.3 Å². The highest BCUT2D eigenvalue weighted by Gasteiger charge is 2.25. The molecule has 92 valence electrons. The lowest BCUT2D eigenvalue weighted by Gasteiger charge is -2.14. The van der Waals surface area contributed by atoms with Gasteiger partial charge in [0.2, 0.25) is 0 Å². The summed E-state index contributed by atoms with van der Waals surface area (Å²) in [5.41, 5.74) is 5.13. The van der Waals surface area contributed by atoms with Gasteiger partial charge in [0, 0.05) is 22.6 Å². The number of aryl methyl sites for hydroxylation is 1. The normalized spacial score (nSPS) is 16.0. The van der Waals surface area contributed by atoms with E-state index in [1.54, 1.807) is 6.07 Å². The molecule has 0 aliphatic rings. The predicted octanol–water partition coefficient (Wildman–Crippen LogP) is 0.523. The molecular weight excluding hydrogens is 250 g/mol. The fourth-order valence-corrected chi connectivity index (χ4v) is 3.31. The number of rotatable bonds is 5. The molecule has 5 nitrogen and oxygen atoms in total. The zero-order valence-electron chi connectivity index (χ0n) is 8.83. The predicted molar refractivity (Wildman–Crippen MR) is 62.9 cm³/mol. The summed E-state index contributed by atoms with van der Waals surface area (Å²) in [5.74, 6) is 0. The van der Waals surface area contributed by atoms with E-state index in [1.807, 2.05) is 13.0 Å². The van der Waals surface area contributed by atoms with Crippen molar-refractivity contribution in [2.24, 2.45) is 5.73 Å². The van der Waals surface area contributed by atoms with Crippen molar-refractivity contribution in [3.8, 4) is 0 Å². The highest BCUT2D eigenvalue weighted by atomic mass is 32.2. The van der Waals surface area contributed by atoms with Crippen LogP contribution in [0.2, 0.25) is 0 Å². The first-order chi connectivity index (χ1) is 7.29. The van der Waals surface area contributed by atoms with Crippen molar-refractivity contribution in [2.75, 3.05) is 0 Å². The zero-order chi connectivity index (χ0) is 12.3. The van der Waals surface area contributed by atoms with E-state index in [-0.39, 0.29) is 12.8 Å². The Morgan fingerprint density at radius 1 is 1.50 bits per heavy atom. The van der Waals surface area contributed by atoms with E-state index >= 15 is 0 Å². The second-order valence-corrected chi connectivity index (χ2v) is 6.73. The van der Waals surface area contributed by atoms with Crippen LogP contribution < -0.4 is 5.73 Å². The molecule has 1 heterocycles. The number of hydrogen-bond donors (Lipinski definition) is 3. The molecule has 0 aromatic carbocycles. The lowest BCUT2D eigenvalue weighted by molar-refractivity contribution is 0.169. The Kier molecular flexibility index (Phi) is 4.45. The molecule has 0 spiro atoms. The summed E-state index contributed by atoms with van der Waals surface area (Å²) in [4.78, 5) is 1.91. The minimum absolute atomic E-state index is 0.171. The summed E-state index contributed by atoms with van der Waals surface area (Å²) in [6, 6.07) is 3.68. The van der Waals surface area contributed by atoms with Gasteiger partial charge >= 0.3 is 0 Å². The maximum absolute atomic E-state index is 11.1. The van der Waals surface area contributed by atoms with Crippen LogP contribution in [0.4, 0.5) is 0 Å². The molecule has 0 bridgehead atoms. The third-order valence-corrected chi connectivity index (χ3v) is 4.38. The minimum Gasteiger partial charge on any atom is -0.379 e. The van der Waals surface area contributed by atoms with E-state index in [0.717, 1.165) is 9.75 Å². The van der Waals surface area contributed by atoms with Crippen LogP contribution in [0.25, 0.3) is 0 Å². The fraction of sp³-hybridized carbons (Fsp3) is 0.556. The van der Waals surface area contributed by atoms with Crippen LogP contribution >= 0.6 is 11.3 Å². The Labute approximate surface area is 98.7 Å². The standard InChI is InChI=1S/C9H15NO4S2/c1-6-2-3-7(15-6)4-8(5-9(10)11)16(12,13)14/h2-3,8-9,11H,4-5,10H2,1H3,(H,12,13,14). The van der Waals surface area contributed by atoms with Crippen LogP contribution in [0.5, 0.6) is 0 Å². The molecule has 0 saturated heterocycles. The van der Waals surface area contributed by atoms with Crippen LogP contribution in [-0.2, 0) is 16.5 Å². The van der Waals surface area contributed by atoms with Crippen molar-refractivity contribution in [1.29, 1.82) is 0 Å². The van der Waals surface area contributed by atoms with Gasteiger partial charge in [-0.05, 0) is 19.1 Å². The van der Waals surface area contributed by atoms with Gasteiger partial charge in [-0.2, -0.15) is 8.42 Å². The van der Waals surface area contributed by atoms with Gasteiger partial charge in [0.25, 0.3) is 10.1 Å². The van der Waals surface area contributed by atoms with Crippen LogP contribution in [0.15, 0.2) is 12.1 Å². The molecule has 0 saturated carbocycles. The molecule has 0 amide bonds. The summed E-state index contributed by atoms with van der Waals surface area (Å²) in [7, 11) is -4.18. The van der Waals surface area contributed by atoms with Crippen molar-refractivity contribution in [3.05, 3.63) is 21.9 Å². The van der Waals surface area contributed by atoms with Crippen molar-refractivity contribution in [2.45, 2.75) is 31.2 Å². The third-order valence-electron chi connectivity index (χ3n) is 2.15. The van der Waals surface area contributed by atoms with E-state index in [2.05, 4.69) is 0 Å². The molecule has 0 aliphatic carbocycles. The monoisotopic (exact) mass is 265 g/mol. The molecule has 16 heavy (non-hydrogen) atoms. The molecule has 1 aromatic heterocycles. The van der Waals surface area contributed by atoms with Crippen LogP contribution in [0.3, 0.4) is 0 Å². The van der Waals surface area contributed by atoms with Crippen LogP contribution in [0.1, 0.15) is 16.2 Å². The molecule has 0 radical (unpaired) electrons. The van der Waals surface area contributed by atoms with Crippen LogP contribution in [0, 0.1) is 6.92 Å². The summed E-state index contributed by atoms with van der Waals surface area (Å²) in [6.07, 6.45) is -1.24. The first-order valence-electron chi connectivity index (χ1n) is 4.74. The van der Waals surface area contributed by atoms with E-state index < -0.39 is 21.6 Å². The molecule has 1 aromatic rings. The maximum Gasteiger partial charge on any atom is 0.268 e. The maximum atomic E-state index is 11.1. The molecule has 1 rings (SSSR count). The number of aliphatic hydroxyl groups excluding tert-OH is 1. The Balaban J connectivity index is 2.79. The average molecular weight is 265 g/mol. The van der Waals surface area contributed by atoms with Gasteiger partial charge in [-0.25, -0.2) is 0 Å². The zero-order valence-corrected chi connectivity index (χ0v) is 10.5. The molecular formula is C9H15NO4S2. The number of nitrogens with two attached hydrogens (primary N) is 1. The molecule has 0 aliphatic heterocycles. The largest absolute Gasteiger partial charge is 0.379 e. The first-order valence-corrected chi connectivity index (χ1v) is 7.06. The lowest BCUT2D eigenvalue weighted by Crippen LogP contribution is -2.32. The quantitative estimate of drug-likeness (QED) is 0.532. The Bertz CT molecular complexity index is 438. The van der Waals surface area contributed by atoms with Gasteiger partial charge < -0.3 is 10.8 Å². The van der Waals surface area contributed by atoms with Crippen molar-refractivity contribution in [1.82, 2.24) is 0 Å². The topological polar surface area (TPSA) is 101 Å². The minimum atomic E-state index is -4.18. The molecule has 0 fully saturated rings. The number of hydrogen-bond acceptors (Lipinski definition) is 5. The average Bonchev–Trinajstić information content (AvgIpc) is 2.47. The van der Waals surface area contributed by atoms with E-state index in [9.17, 15) is 8.42 Å². The SMILES string of the molecule is Cc1ccc(CC(CC(N)O)S(=O)(=O)O)s1. The summed E-state index contributed by atoms with van der Waals surface area (Å²) < 4.78 is 31.1. The summed E-state index contributed by atoms with van der Waals surface area (Å²) in [6.45, 7) is 1.91.